The summed E-state index contributed by atoms with van der Waals surface area (Å²) in [5.41, 5.74) is 3.20. The Morgan fingerprint density at radius 1 is 1.07 bits per heavy atom. The first-order valence-corrected chi connectivity index (χ1v) is 10.7. The highest BCUT2D eigenvalue weighted by Crippen LogP contribution is 2.22. The van der Waals surface area contributed by atoms with Crippen LogP contribution in [0.1, 0.15) is 30.9 Å². The molecule has 1 unspecified atom stereocenters. The minimum Gasteiger partial charge on any atom is -0.314 e. The lowest BCUT2D eigenvalue weighted by molar-refractivity contribution is -0.126. The molecular formula is C23H27NO2S. The van der Waals surface area contributed by atoms with Crippen LogP contribution < -0.4 is 0 Å². The van der Waals surface area contributed by atoms with Crippen molar-refractivity contribution in [3.63, 3.8) is 0 Å². The first kappa shape index (κ1) is 20.8. The third-order valence-corrected chi connectivity index (χ3v) is 5.41. The fourth-order valence-corrected chi connectivity index (χ4v) is 3.34. The normalized spacial score (nSPS) is 12.4. The van der Waals surface area contributed by atoms with Crippen molar-refractivity contribution in [1.29, 1.82) is 0 Å². The van der Waals surface area contributed by atoms with E-state index < -0.39 is 10.8 Å². The van der Waals surface area contributed by atoms with Crippen LogP contribution in [0.3, 0.4) is 0 Å². The van der Waals surface area contributed by atoms with Gasteiger partial charge in [-0.3, -0.25) is 9.00 Å². The Morgan fingerprint density at radius 2 is 1.70 bits per heavy atom. The lowest BCUT2D eigenvalue weighted by Crippen LogP contribution is -2.30. The number of nitrogens with zero attached hydrogens (tertiary/aromatic N) is 1. The zero-order valence-corrected chi connectivity index (χ0v) is 16.7. The molecule has 0 aliphatic rings. The van der Waals surface area contributed by atoms with E-state index in [4.69, 9.17) is 0 Å². The SMILES string of the molecule is C=CCC/C(=C/N(Cc1ccccc1)C(=O)CS(=O)CC)c1ccccc1. The van der Waals surface area contributed by atoms with E-state index in [-0.39, 0.29) is 11.7 Å². The molecule has 2 rings (SSSR count). The van der Waals surface area contributed by atoms with Crippen LogP contribution >= 0.6 is 0 Å². The molecule has 0 radical (unpaired) electrons. The average Bonchev–Trinajstić information content (AvgIpc) is 2.71. The number of allylic oxidation sites excluding steroid dienone is 2. The molecule has 1 atom stereocenters. The van der Waals surface area contributed by atoms with Crippen LogP contribution in [0.2, 0.25) is 0 Å². The fourth-order valence-electron chi connectivity index (χ4n) is 2.69. The molecule has 0 saturated carbocycles. The summed E-state index contributed by atoms with van der Waals surface area (Å²) < 4.78 is 11.9. The van der Waals surface area contributed by atoms with Crippen molar-refractivity contribution in [2.45, 2.75) is 26.3 Å². The molecule has 3 nitrogen and oxygen atoms in total. The molecule has 0 N–H and O–H groups in total. The smallest absolute Gasteiger partial charge is 0.239 e. The Morgan fingerprint density at radius 3 is 2.30 bits per heavy atom. The largest absolute Gasteiger partial charge is 0.314 e. The van der Waals surface area contributed by atoms with Crippen molar-refractivity contribution >= 4 is 22.3 Å². The van der Waals surface area contributed by atoms with Gasteiger partial charge in [0.15, 0.2) is 0 Å². The van der Waals surface area contributed by atoms with Gasteiger partial charge in [0.25, 0.3) is 0 Å². The Hall–Kier alpha value is -2.46. The molecule has 2 aromatic carbocycles. The van der Waals surface area contributed by atoms with Crippen molar-refractivity contribution in [3.05, 3.63) is 90.6 Å². The van der Waals surface area contributed by atoms with Crippen LogP contribution in [0.5, 0.6) is 0 Å². The van der Waals surface area contributed by atoms with Crippen LogP contribution in [0.4, 0.5) is 0 Å². The summed E-state index contributed by atoms with van der Waals surface area (Å²) in [6.07, 6.45) is 5.42. The number of carbonyl (C=O) groups excluding carboxylic acids is 1. The van der Waals surface area contributed by atoms with Gasteiger partial charge in [-0.25, -0.2) is 0 Å². The first-order chi connectivity index (χ1) is 13.1. The maximum Gasteiger partial charge on any atom is 0.239 e. The van der Waals surface area contributed by atoms with E-state index >= 15 is 0 Å². The third-order valence-electron chi connectivity index (χ3n) is 4.20. The zero-order chi connectivity index (χ0) is 19.5. The molecule has 4 heteroatoms. The van der Waals surface area contributed by atoms with Gasteiger partial charge >= 0.3 is 0 Å². The van der Waals surface area contributed by atoms with Gasteiger partial charge in [-0.1, -0.05) is 73.7 Å². The zero-order valence-electron chi connectivity index (χ0n) is 15.8. The van der Waals surface area contributed by atoms with Crippen LogP contribution in [-0.2, 0) is 22.1 Å². The van der Waals surface area contributed by atoms with Crippen molar-refractivity contribution in [3.8, 4) is 0 Å². The van der Waals surface area contributed by atoms with Gasteiger partial charge in [0.05, 0.1) is 6.54 Å². The maximum absolute atomic E-state index is 12.8. The lowest BCUT2D eigenvalue weighted by Gasteiger charge is -2.21. The van der Waals surface area contributed by atoms with E-state index in [0.29, 0.717) is 12.3 Å². The van der Waals surface area contributed by atoms with Crippen molar-refractivity contribution < 1.29 is 9.00 Å². The number of hydrogen-bond donors (Lipinski definition) is 0. The van der Waals surface area contributed by atoms with Crippen LogP contribution in [0.15, 0.2) is 79.5 Å². The van der Waals surface area contributed by atoms with Gasteiger partial charge in [0, 0.05) is 22.8 Å². The molecule has 1 amide bonds. The minimum atomic E-state index is -1.14. The number of carbonyl (C=O) groups is 1. The summed E-state index contributed by atoms with van der Waals surface area (Å²) in [5, 5.41) is 0. The first-order valence-electron chi connectivity index (χ1n) is 9.19. The van der Waals surface area contributed by atoms with Gasteiger partial charge in [0.2, 0.25) is 5.91 Å². The number of amides is 1. The monoisotopic (exact) mass is 381 g/mol. The standard InChI is InChI=1S/C23H27NO2S/c1-3-5-14-22(21-15-10-7-11-16-21)18-24(23(25)19-27(26)4-2)17-20-12-8-6-9-13-20/h3,6-13,15-16,18H,1,4-5,14,17,19H2,2H3/b22-18-. The summed E-state index contributed by atoms with van der Waals surface area (Å²) in [6, 6.07) is 19.9. The van der Waals surface area contributed by atoms with E-state index in [9.17, 15) is 9.00 Å². The van der Waals surface area contributed by atoms with E-state index in [1.807, 2.05) is 79.9 Å². The molecule has 0 fully saturated rings. The highest BCUT2D eigenvalue weighted by molar-refractivity contribution is 7.85. The Kier molecular flexibility index (Phi) is 8.72. The molecule has 2 aromatic rings. The average molecular weight is 382 g/mol. The highest BCUT2D eigenvalue weighted by Gasteiger charge is 2.16. The molecule has 0 aromatic heterocycles. The van der Waals surface area contributed by atoms with E-state index in [1.54, 1.807) is 4.90 Å². The van der Waals surface area contributed by atoms with Gasteiger partial charge in [0.1, 0.15) is 5.75 Å². The molecule has 0 aliphatic heterocycles. The fraction of sp³-hybridized carbons (Fsp3) is 0.261. The van der Waals surface area contributed by atoms with Crippen LogP contribution in [0.25, 0.3) is 5.57 Å². The second kappa shape index (κ2) is 11.3. The summed E-state index contributed by atoms with van der Waals surface area (Å²) in [4.78, 5) is 14.5. The summed E-state index contributed by atoms with van der Waals surface area (Å²) in [5.74, 6) is 0.408. The second-order valence-corrected chi connectivity index (χ2v) is 7.97. The van der Waals surface area contributed by atoms with Crippen molar-refractivity contribution in [2.24, 2.45) is 0 Å². The maximum atomic E-state index is 12.8. The molecule has 0 spiro atoms. The predicted molar refractivity (Wildman–Crippen MR) is 114 cm³/mol. The molecule has 0 heterocycles. The van der Waals surface area contributed by atoms with E-state index in [2.05, 4.69) is 6.58 Å². The summed E-state index contributed by atoms with van der Waals surface area (Å²) >= 11 is 0. The number of rotatable bonds is 10. The molecule has 142 valence electrons. The van der Waals surface area contributed by atoms with Gasteiger partial charge in [-0.2, -0.15) is 0 Å². The van der Waals surface area contributed by atoms with Gasteiger partial charge in [-0.15, -0.1) is 6.58 Å². The number of hydrogen-bond acceptors (Lipinski definition) is 2. The molecule has 0 saturated heterocycles. The van der Waals surface area contributed by atoms with Crippen molar-refractivity contribution in [1.82, 2.24) is 4.90 Å². The third kappa shape index (κ3) is 6.99. The summed E-state index contributed by atoms with van der Waals surface area (Å²) in [7, 11) is -1.14. The van der Waals surface area contributed by atoms with Crippen molar-refractivity contribution in [2.75, 3.05) is 11.5 Å². The number of benzene rings is 2. The molecule has 0 bridgehead atoms. The van der Waals surface area contributed by atoms with Crippen LogP contribution in [-0.4, -0.2) is 26.5 Å². The van der Waals surface area contributed by atoms with E-state index in [0.717, 1.165) is 29.5 Å². The van der Waals surface area contributed by atoms with Gasteiger partial charge in [-0.05, 0) is 29.5 Å². The summed E-state index contributed by atoms with van der Waals surface area (Å²) in [6.45, 7) is 6.11. The molecule has 0 aliphatic carbocycles. The minimum absolute atomic E-state index is 0.0450. The molecular weight excluding hydrogens is 354 g/mol. The second-order valence-electron chi connectivity index (χ2n) is 6.23. The quantitative estimate of drug-likeness (QED) is 0.555. The topological polar surface area (TPSA) is 37.4 Å². The Bertz CT molecular complexity index is 785. The van der Waals surface area contributed by atoms with E-state index in [1.165, 1.54) is 0 Å². The highest BCUT2D eigenvalue weighted by atomic mass is 32.2. The predicted octanol–water partition coefficient (Wildman–Crippen LogP) is 4.79. The lowest BCUT2D eigenvalue weighted by atomic mass is 10.0. The molecule has 27 heavy (non-hydrogen) atoms. The Labute approximate surface area is 164 Å². The van der Waals surface area contributed by atoms with Crippen LogP contribution in [0, 0.1) is 0 Å². The van der Waals surface area contributed by atoms with Gasteiger partial charge < -0.3 is 4.90 Å². The Balaban J connectivity index is 2.35.